The Morgan fingerprint density at radius 1 is 1.00 bits per heavy atom. The lowest BCUT2D eigenvalue weighted by atomic mass is 10.0. The van der Waals surface area contributed by atoms with Crippen LogP contribution in [0.1, 0.15) is 29.2 Å². The van der Waals surface area contributed by atoms with Gasteiger partial charge in [-0.05, 0) is 47.9 Å². The van der Waals surface area contributed by atoms with E-state index in [0.717, 1.165) is 11.1 Å². The number of ether oxygens (including phenoxy) is 1. The smallest absolute Gasteiger partial charge is 0.416 e. The van der Waals surface area contributed by atoms with Gasteiger partial charge in [0.2, 0.25) is 0 Å². The molecule has 9 heteroatoms. The summed E-state index contributed by atoms with van der Waals surface area (Å²) in [4.78, 5) is 0. The predicted octanol–water partition coefficient (Wildman–Crippen LogP) is 5.69. The van der Waals surface area contributed by atoms with Gasteiger partial charge in [0.1, 0.15) is 12.4 Å². The third-order valence-electron chi connectivity index (χ3n) is 3.85. The number of rotatable bonds is 6. The molecule has 2 aromatic rings. The van der Waals surface area contributed by atoms with Gasteiger partial charge in [-0.1, -0.05) is 24.3 Å². The lowest BCUT2D eigenvalue weighted by Crippen LogP contribution is -2.11. The van der Waals surface area contributed by atoms with Crippen LogP contribution >= 0.6 is 0 Å². The summed E-state index contributed by atoms with van der Waals surface area (Å²) in [5.74, 6) is -0.524. The summed E-state index contributed by atoms with van der Waals surface area (Å²) in [5.41, 5.74) is 1.28. The summed E-state index contributed by atoms with van der Waals surface area (Å²) in [6.07, 6.45) is -8.15. The van der Waals surface area contributed by atoms with Crippen LogP contribution in [0, 0.1) is 0 Å². The highest BCUT2D eigenvalue weighted by atomic mass is 19.4. The Kier molecular flexibility index (Phi) is 6.73. The second-order valence-electron chi connectivity index (χ2n) is 5.98. The van der Waals surface area contributed by atoms with E-state index >= 15 is 0 Å². The van der Waals surface area contributed by atoms with Gasteiger partial charge < -0.3 is 9.94 Å². The van der Waals surface area contributed by atoms with E-state index in [1.165, 1.54) is 0 Å². The van der Waals surface area contributed by atoms with Gasteiger partial charge >= 0.3 is 12.4 Å². The zero-order valence-corrected chi connectivity index (χ0v) is 14.7. The average Bonchev–Trinajstić information content (AvgIpc) is 2.63. The monoisotopic (exact) mass is 405 g/mol. The average molecular weight is 405 g/mol. The molecule has 2 rings (SSSR count). The van der Waals surface area contributed by atoms with Crippen molar-refractivity contribution >= 4 is 5.57 Å². The minimum atomic E-state index is -4.93. The molecule has 3 nitrogen and oxygen atoms in total. The Morgan fingerprint density at radius 3 is 2.14 bits per heavy atom. The molecule has 0 fully saturated rings. The van der Waals surface area contributed by atoms with Crippen molar-refractivity contribution in [2.45, 2.75) is 25.9 Å². The van der Waals surface area contributed by atoms with Gasteiger partial charge in [-0.2, -0.15) is 26.3 Å². The van der Waals surface area contributed by atoms with Crippen LogP contribution in [0.3, 0.4) is 0 Å². The standard InChI is InChI=1S/C19H17F6NO2/c1-12(5-6-26-27)14-4-2-3-13(7-14)11-28-17-9-15(18(20,21)22)8-16(10-17)19(23,24)25/h2-5,7-10,26-27H,6,11H2,1H3/b12-5+. The summed E-state index contributed by atoms with van der Waals surface area (Å²) in [6.45, 7) is 1.80. The number of hydrogen-bond acceptors (Lipinski definition) is 3. The van der Waals surface area contributed by atoms with E-state index in [1.54, 1.807) is 37.3 Å². The zero-order chi connectivity index (χ0) is 20.9. The van der Waals surface area contributed by atoms with Crippen LogP contribution in [-0.4, -0.2) is 11.8 Å². The number of hydroxylamine groups is 1. The van der Waals surface area contributed by atoms with Gasteiger partial charge in [0, 0.05) is 6.54 Å². The van der Waals surface area contributed by atoms with Gasteiger partial charge in [-0.3, -0.25) is 0 Å². The molecule has 28 heavy (non-hydrogen) atoms. The van der Waals surface area contributed by atoms with Crippen molar-refractivity contribution in [1.29, 1.82) is 0 Å². The molecule has 152 valence electrons. The molecule has 2 N–H and O–H groups in total. The van der Waals surface area contributed by atoms with Crippen LogP contribution in [0.4, 0.5) is 26.3 Å². The third kappa shape index (κ3) is 6.00. The van der Waals surface area contributed by atoms with Crippen molar-refractivity contribution in [2.24, 2.45) is 0 Å². The largest absolute Gasteiger partial charge is 0.489 e. The predicted molar refractivity (Wildman–Crippen MR) is 90.7 cm³/mol. The minimum absolute atomic E-state index is 0.0524. The van der Waals surface area contributed by atoms with E-state index in [1.807, 2.05) is 5.48 Å². The molecule has 0 unspecified atom stereocenters. The van der Waals surface area contributed by atoms with E-state index < -0.39 is 29.2 Å². The van der Waals surface area contributed by atoms with E-state index in [2.05, 4.69) is 0 Å². The van der Waals surface area contributed by atoms with Crippen molar-refractivity contribution in [2.75, 3.05) is 6.54 Å². The molecule has 0 radical (unpaired) electrons. The maximum Gasteiger partial charge on any atom is 0.416 e. The molecule has 0 spiro atoms. The Bertz CT molecular complexity index is 811. The molecule has 0 saturated heterocycles. The molecular formula is C19H17F6NO2. The molecule has 0 aromatic heterocycles. The van der Waals surface area contributed by atoms with Crippen LogP contribution in [0.5, 0.6) is 5.75 Å². The van der Waals surface area contributed by atoms with E-state index in [0.29, 0.717) is 17.7 Å². The van der Waals surface area contributed by atoms with Gasteiger partial charge in [0.15, 0.2) is 0 Å². The first-order valence-electron chi connectivity index (χ1n) is 8.06. The van der Waals surface area contributed by atoms with Crippen molar-refractivity contribution < 1.29 is 36.3 Å². The summed E-state index contributed by atoms with van der Waals surface area (Å²) in [7, 11) is 0. The Hall–Kier alpha value is -2.52. The van der Waals surface area contributed by atoms with Gasteiger partial charge in [0.25, 0.3) is 0 Å². The normalized spacial score (nSPS) is 12.9. The second-order valence-corrected chi connectivity index (χ2v) is 5.98. The summed E-state index contributed by atoms with van der Waals surface area (Å²) in [5, 5.41) is 8.61. The first kappa shape index (κ1) is 21.8. The number of benzene rings is 2. The molecule has 0 aliphatic rings. The van der Waals surface area contributed by atoms with Crippen LogP contribution in [0.2, 0.25) is 0 Å². The first-order chi connectivity index (χ1) is 13.0. The maximum atomic E-state index is 12.9. The highest BCUT2D eigenvalue weighted by Crippen LogP contribution is 2.38. The van der Waals surface area contributed by atoms with Gasteiger partial charge in [-0.15, -0.1) is 0 Å². The zero-order valence-electron chi connectivity index (χ0n) is 14.7. The molecular weight excluding hydrogens is 388 g/mol. The fourth-order valence-electron chi connectivity index (χ4n) is 2.40. The number of allylic oxidation sites excluding steroid dienone is 1. The first-order valence-corrected chi connectivity index (χ1v) is 8.06. The third-order valence-corrected chi connectivity index (χ3v) is 3.85. The SMILES string of the molecule is C/C(=C\CNO)c1cccc(COc2cc(C(F)(F)F)cc(C(F)(F)F)c2)c1. The maximum absolute atomic E-state index is 12.9. The number of hydrogen-bond donors (Lipinski definition) is 2. The fraction of sp³-hybridized carbons (Fsp3) is 0.263. The van der Waals surface area contributed by atoms with Gasteiger partial charge in [0.05, 0.1) is 11.1 Å². The molecule has 0 bridgehead atoms. The Balaban J connectivity index is 2.25. The number of alkyl halides is 6. The number of halogens is 6. The van der Waals surface area contributed by atoms with Crippen molar-refractivity contribution in [3.8, 4) is 5.75 Å². The lowest BCUT2D eigenvalue weighted by molar-refractivity contribution is -0.143. The molecule has 2 aromatic carbocycles. The van der Waals surface area contributed by atoms with E-state index in [9.17, 15) is 26.3 Å². The van der Waals surface area contributed by atoms with Crippen LogP contribution < -0.4 is 10.2 Å². The summed E-state index contributed by atoms with van der Waals surface area (Å²) < 4.78 is 82.6. The Morgan fingerprint density at radius 2 is 1.61 bits per heavy atom. The van der Waals surface area contributed by atoms with Crippen molar-refractivity contribution in [3.05, 3.63) is 70.8 Å². The topological polar surface area (TPSA) is 41.5 Å². The molecule has 0 heterocycles. The highest BCUT2D eigenvalue weighted by Gasteiger charge is 2.37. The van der Waals surface area contributed by atoms with Crippen LogP contribution in [-0.2, 0) is 19.0 Å². The summed E-state index contributed by atoms with van der Waals surface area (Å²) >= 11 is 0. The minimum Gasteiger partial charge on any atom is -0.489 e. The van der Waals surface area contributed by atoms with Crippen molar-refractivity contribution in [1.82, 2.24) is 5.48 Å². The van der Waals surface area contributed by atoms with E-state index in [4.69, 9.17) is 9.94 Å². The molecule has 0 aliphatic carbocycles. The van der Waals surface area contributed by atoms with Gasteiger partial charge in [-0.25, -0.2) is 5.48 Å². The summed E-state index contributed by atoms with van der Waals surface area (Å²) in [6, 6.07) is 7.93. The van der Waals surface area contributed by atoms with E-state index in [-0.39, 0.29) is 19.2 Å². The second kappa shape index (κ2) is 8.66. The number of nitrogens with one attached hydrogen (secondary N) is 1. The highest BCUT2D eigenvalue weighted by molar-refractivity contribution is 5.64. The van der Waals surface area contributed by atoms with Crippen LogP contribution in [0.25, 0.3) is 5.57 Å². The lowest BCUT2D eigenvalue weighted by Gasteiger charge is -2.15. The van der Waals surface area contributed by atoms with Crippen LogP contribution in [0.15, 0.2) is 48.5 Å². The molecule has 0 aliphatic heterocycles. The quantitative estimate of drug-likeness (QED) is 0.480. The molecule has 0 amide bonds. The Labute approximate surface area is 157 Å². The molecule has 0 saturated carbocycles. The molecule has 0 atom stereocenters. The van der Waals surface area contributed by atoms with Crippen molar-refractivity contribution in [3.63, 3.8) is 0 Å². The fourth-order valence-corrected chi connectivity index (χ4v) is 2.40.